The van der Waals surface area contributed by atoms with Crippen LogP contribution in [-0.2, 0) is 12.7 Å². The third kappa shape index (κ3) is 4.39. The molecule has 1 saturated carbocycles. The molecule has 38 heavy (non-hydrogen) atoms. The van der Waals surface area contributed by atoms with Crippen LogP contribution >= 0.6 is 0 Å². The Morgan fingerprint density at radius 1 is 1.13 bits per heavy atom. The second-order valence-corrected chi connectivity index (χ2v) is 9.77. The Kier molecular flexibility index (Phi) is 5.69. The summed E-state index contributed by atoms with van der Waals surface area (Å²) in [5.41, 5.74) is 3.51. The fourth-order valence-electron chi connectivity index (χ4n) is 4.46. The van der Waals surface area contributed by atoms with Crippen LogP contribution in [-0.4, -0.2) is 34.6 Å². The van der Waals surface area contributed by atoms with Crippen LogP contribution < -0.4 is 5.32 Å². The molecule has 0 amide bonds. The van der Waals surface area contributed by atoms with Gasteiger partial charge in [0.25, 0.3) is 0 Å². The van der Waals surface area contributed by atoms with Crippen molar-refractivity contribution in [1.82, 2.24) is 34.6 Å². The van der Waals surface area contributed by atoms with E-state index in [1.807, 2.05) is 32.9 Å². The molecule has 9 nitrogen and oxygen atoms in total. The summed E-state index contributed by atoms with van der Waals surface area (Å²) < 4.78 is 46.8. The summed E-state index contributed by atoms with van der Waals surface area (Å²) in [4.78, 5) is 20.7. The lowest BCUT2D eigenvalue weighted by molar-refractivity contribution is -0.140. The highest BCUT2D eigenvalue weighted by Gasteiger charge is 2.35. The molecule has 4 heterocycles. The van der Waals surface area contributed by atoms with E-state index in [-0.39, 0.29) is 11.9 Å². The first-order chi connectivity index (χ1) is 18.2. The zero-order valence-corrected chi connectivity index (χ0v) is 21.0. The fourth-order valence-corrected chi connectivity index (χ4v) is 4.46. The summed E-state index contributed by atoms with van der Waals surface area (Å²) >= 11 is 0. The Labute approximate surface area is 215 Å². The second-order valence-electron chi connectivity index (χ2n) is 9.77. The molecular formula is C26H25F3N8O. The van der Waals surface area contributed by atoms with Gasteiger partial charge in [-0.15, -0.1) is 0 Å². The van der Waals surface area contributed by atoms with E-state index in [2.05, 4.69) is 30.4 Å². The average Bonchev–Trinajstić information content (AvgIpc) is 3.27. The van der Waals surface area contributed by atoms with E-state index < -0.39 is 11.9 Å². The maximum atomic E-state index is 13.3. The molecular weight excluding hydrogens is 497 g/mol. The number of nitrogens with one attached hydrogen (secondary N) is 2. The highest BCUT2D eigenvalue weighted by Crippen LogP contribution is 2.44. The van der Waals surface area contributed by atoms with Crippen molar-refractivity contribution in [2.75, 3.05) is 5.32 Å². The number of anilines is 1. The van der Waals surface area contributed by atoms with Gasteiger partial charge in [-0.2, -0.15) is 13.2 Å². The van der Waals surface area contributed by atoms with Crippen molar-refractivity contribution in [3.8, 4) is 22.8 Å². The second kappa shape index (κ2) is 8.96. The Hall–Kier alpha value is -4.22. The van der Waals surface area contributed by atoms with Gasteiger partial charge in [0, 0.05) is 30.3 Å². The van der Waals surface area contributed by atoms with E-state index in [0.29, 0.717) is 46.6 Å². The van der Waals surface area contributed by atoms with E-state index in [1.54, 1.807) is 18.5 Å². The Balaban J connectivity index is 1.27. The number of fused-ring (bicyclic) bond motifs is 1. The number of H-pyrrole nitrogens is 1. The lowest BCUT2D eigenvalue weighted by Crippen LogP contribution is -2.05. The number of imidazole rings is 2. The van der Waals surface area contributed by atoms with Crippen molar-refractivity contribution >= 4 is 17.0 Å². The number of hydrogen-bond donors (Lipinski definition) is 2. The predicted molar refractivity (Wildman–Crippen MR) is 134 cm³/mol. The van der Waals surface area contributed by atoms with Crippen LogP contribution in [0, 0.1) is 6.92 Å². The molecule has 1 fully saturated rings. The van der Waals surface area contributed by atoms with Gasteiger partial charge in [0.2, 0.25) is 0 Å². The Morgan fingerprint density at radius 3 is 2.58 bits per heavy atom. The van der Waals surface area contributed by atoms with Crippen molar-refractivity contribution in [2.24, 2.45) is 0 Å². The van der Waals surface area contributed by atoms with Crippen LogP contribution in [0.1, 0.15) is 61.4 Å². The number of alkyl halides is 3. The average molecular weight is 523 g/mol. The standard InChI is InChI=1S/C26H25F3N8O/c1-13(2)37-11-18(26(27,28)29)33-25(37)17-6-4-15(5-7-17)10-30-23-21-24(32-12-31-21)35-22(34-23)19-14(3)38-36-20(19)16-8-9-16/h4-7,11-13,16H,8-10H2,1-3H3,(H2,30,31,32,34,35). The van der Waals surface area contributed by atoms with E-state index >= 15 is 0 Å². The summed E-state index contributed by atoms with van der Waals surface area (Å²) in [6, 6.07) is 7.09. The number of benzene rings is 1. The Bertz CT molecular complexity index is 1610. The zero-order chi connectivity index (χ0) is 26.6. The van der Waals surface area contributed by atoms with Gasteiger partial charge in [0.15, 0.2) is 23.0 Å². The van der Waals surface area contributed by atoms with Crippen LogP contribution in [0.5, 0.6) is 0 Å². The smallest absolute Gasteiger partial charge is 0.364 e. The van der Waals surface area contributed by atoms with Crippen molar-refractivity contribution in [1.29, 1.82) is 0 Å². The largest absolute Gasteiger partial charge is 0.434 e. The molecule has 0 unspecified atom stereocenters. The van der Waals surface area contributed by atoms with E-state index in [0.717, 1.165) is 35.9 Å². The summed E-state index contributed by atoms with van der Waals surface area (Å²) in [6.45, 7) is 5.92. The van der Waals surface area contributed by atoms with Crippen molar-refractivity contribution in [2.45, 2.75) is 58.3 Å². The molecule has 4 aromatic heterocycles. The van der Waals surface area contributed by atoms with E-state index in [4.69, 9.17) is 9.51 Å². The summed E-state index contributed by atoms with van der Waals surface area (Å²) in [7, 11) is 0. The van der Waals surface area contributed by atoms with Gasteiger partial charge in [-0.05, 0) is 39.2 Å². The zero-order valence-electron chi connectivity index (χ0n) is 21.0. The van der Waals surface area contributed by atoms with Gasteiger partial charge in [0.05, 0.1) is 17.6 Å². The van der Waals surface area contributed by atoms with Crippen LogP contribution in [0.15, 0.2) is 41.3 Å². The molecule has 0 saturated heterocycles. The first-order valence-electron chi connectivity index (χ1n) is 12.4. The molecule has 1 aliphatic carbocycles. The fraction of sp³-hybridized carbons (Fsp3) is 0.346. The number of rotatable bonds is 7. The normalized spacial score (nSPS) is 14.1. The minimum absolute atomic E-state index is 0.173. The quantitative estimate of drug-likeness (QED) is 0.259. The summed E-state index contributed by atoms with van der Waals surface area (Å²) in [6.07, 6.45) is 0.262. The molecule has 1 aliphatic rings. The van der Waals surface area contributed by atoms with E-state index in [1.165, 1.54) is 4.57 Å². The molecule has 0 aliphatic heterocycles. The van der Waals surface area contributed by atoms with E-state index in [9.17, 15) is 13.2 Å². The van der Waals surface area contributed by atoms with Gasteiger partial charge in [0.1, 0.15) is 17.1 Å². The number of aryl methyl sites for hydroxylation is 1. The minimum Gasteiger partial charge on any atom is -0.364 e. The molecule has 0 spiro atoms. The van der Waals surface area contributed by atoms with Crippen LogP contribution in [0.3, 0.4) is 0 Å². The van der Waals surface area contributed by atoms with Crippen LogP contribution in [0.25, 0.3) is 33.9 Å². The highest BCUT2D eigenvalue weighted by molar-refractivity contribution is 5.85. The van der Waals surface area contributed by atoms with Gasteiger partial charge in [-0.1, -0.05) is 29.4 Å². The maximum absolute atomic E-state index is 13.3. The molecule has 5 aromatic rings. The third-order valence-electron chi connectivity index (χ3n) is 6.61. The minimum atomic E-state index is -4.50. The summed E-state index contributed by atoms with van der Waals surface area (Å²) in [5, 5.41) is 7.58. The molecule has 1 aromatic carbocycles. The lowest BCUT2D eigenvalue weighted by Gasteiger charge is -2.12. The van der Waals surface area contributed by atoms with Gasteiger partial charge in [-0.25, -0.2) is 19.9 Å². The van der Waals surface area contributed by atoms with Crippen molar-refractivity contribution in [3.63, 3.8) is 0 Å². The monoisotopic (exact) mass is 522 g/mol. The first kappa shape index (κ1) is 24.1. The number of aromatic nitrogens is 7. The molecule has 0 radical (unpaired) electrons. The molecule has 0 atom stereocenters. The highest BCUT2D eigenvalue weighted by atomic mass is 19.4. The number of aromatic amines is 1. The molecule has 0 bridgehead atoms. The number of nitrogens with zero attached hydrogens (tertiary/aromatic N) is 6. The number of hydrogen-bond acceptors (Lipinski definition) is 7. The topological polar surface area (TPSA) is 110 Å². The first-order valence-corrected chi connectivity index (χ1v) is 12.4. The van der Waals surface area contributed by atoms with Gasteiger partial charge in [-0.3, -0.25) is 0 Å². The SMILES string of the molecule is Cc1onc(C2CC2)c1-c1nc(NCc2ccc(-c3nc(C(F)(F)F)cn3C(C)C)cc2)c2[nH]cnc2n1. The Morgan fingerprint density at radius 2 is 1.89 bits per heavy atom. The van der Waals surface area contributed by atoms with Crippen LogP contribution in [0.2, 0.25) is 0 Å². The van der Waals surface area contributed by atoms with Gasteiger partial charge < -0.3 is 19.4 Å². The summed E-state index contributed by atoms with van der Waals surface area (Å²) in [5.74, 6) is 2.40. The molecule has 12 heteroatoms. The van der Waals surface area contributed by atoms with Crippen molar-refractivity contribution < 1.29 is 17.7 Å². The third-order valence-corrected chi connectivity index (χ3v) is 6.61. The molecule has 2 N–H and O–H groups in total. The van der Waals surface area contributed by atoms with Crippen molar-refractivity contribution in [3.05, 3.63) is 59.5 Å². The van der Waals surface area contributed by atoms with Gasteiger partial charge >= 0.3 is 6.18 Å². The predicted octanol–water partition coefficient (Wildman–Crippen LogP) is 6.27. The van der Waals surface area contributed by atoms with Crippen LogP contribution in [0.4, 0.5) is 19.0 Å². The molecule has 196 valence electrons. The molecule has 6 rings (SSSR count). The maximum Gasteiger partial charge on any atom is 0.434 e. The number of halogens is 3. The lowest BCUT2D eigenvalue weighted by atomic mass is 10.1.